The number of hydrogen-bond donors (Lipinski definition) is 1. The van der Waals surface area contributed by atoms with Crippen LogP contribution in [0.15, 0.2) is 83.4 Å². The van der Waals surface area contributed by atoms with Gasteiger partial charge in [-0.15, -0.1) is 0 Å². The largest absolute Gasteiger partial charge is 0.466 e. The second-order valence-corrected chi connectivity index (χ2v) is 7.57. The average Bonchev–Trinajstić information content (AvgIpc) is 3.33. The van der Waals surface area contributed by atoms with E-state index < -0.39 is 0 Å². The average molecular weight is 396 g/mol. The molecule has 0 bridgehead atoms. The molecule has 0 aliphatic carbocycles. The Morgan fingerprint density at radius 3 is 2.43 bits per heavy atom. The van der Waals surface area contributed by atoms with Crippen LogP contribution >= 0.6 is 0 Å². The van der Waals surface area contributed by atoms with Crippen LogP contribution in [0.3, 0.4) is 0 Å². The van der Waals surface area contributed by atoms with E-state index in [-0.39, 0.29) is 11.9 Å². The van der Waals surface area contributed by atoms with Crippen molar-refractivity contribution in [3.8, 4) is 11.3 Å². The number of benzene rings is 2. The molecule has 0 amide bonds. The molecule has 2 aromatic heterocycles. The Morgan fingerprint density at radius 1 is 1.00 bits per heavy atom. The standard InChI is InChI=1S/C25H21N3O2/c1-17-12-13-20(30-17)15-22-25(29)28-16-23(19-10-6-3-7-11-19)26-21(24(28)27-22)14-18-8-4-2-5-9-18/h2-13,16,22H,14-15H2,1H3/p+1. The van der Waals surface area contributed by atoms with E-state index >= 15 is 0 Å². The van der Waals surface area contributed by atoms with Crippen LogP contribution in [-0.4, -0.2) is 16.9 Å². The van der Waals surface area contributed by atoms with E-state index in [4.69, 9.17) is 9.40 Å². The molecule has 0 saturated heterocycles. The third-order valence-electron chi connectivity index (χ3n) is 5.35. The van der Waals surface area contributed by atoms with Gasteiger partial charge >= 0.3 is 11.7 Å². The molecule has 5 nitrogen and oxygen atoms in total. The molecule has 0 fully saturated rings. The van der Waals surface area contributed by atoms with E-state index in [0.29, 0.717) is 12.8 Å². The van der Waals surface area contributed by atoms with Gasteiger partial charge in [0.25, 0.3) is 0 Å². The van der Waals surface area contributed by atoms with Gasteiger partial charge in [0, 0.05) is 12.0 Å². The summed E-state index contributed by atoms with van der Waals surface area (Å²) in [5.74, 6) is 2.41. The zero-order valence-electron chi connectivity index (χ0n) is 16.7. The number of nitrogens with one attached hydrogen (secondary N) is 1. The first-order chi connectivity index (χ1) is 14.7. The van der Waals surface area contributed by atoms with Crippen molar-refractivity contribution in [2.75, 3.05) is 5.32 Å². The highest BCUT2D eigenvalue weighted by Crippen LogP contribution is 2.25. The van der Waals surface area contributed by atoms with Crippen LogP contribution in [0.5, 0.6) is 0 Å². The molecule has 1 unspecified atom stereocenters. The lowest BCUT2D eigenvalue weighted by atomic mass is 10.1. The number of furan rings is 1. The Hall–Kier alpha value is -3.73. The van der Waals surface area contributed by atoms with Gasteiger partial charge in [0.2, 0.25) is 6.04 Å². The topological polar surface area (TPSA) is 59.0 Å². The summed E-state index contributed by atoms with van der Waals surface area (Å²) in [5.41, 5.74) is 3.78. The molecule has 5 rings (SSSR count). The highest BCUT2D eigenvalue weighted by Gasteiger charge is 2.41. The molecule has 1 aliphatic heterocycles. The Labute approximate surface area is 175 Å². The minimum Gasteiger partial charge on any atom is -0.466 e. The maximum Gasteiger partial charge on any atom is 0.359 e. The van der Waals surface area contributed by atoms with Crippen LogP contribution in [0, 0.1) is 6.92 Å². The van der Waals surface area contributed by atoms with Crippen LogP contribution in [0.1, 0.15) is 27.6 Å². The predicted molar refractivity (Wildman–Crippen MR) is 114 cm³/mol. The second-order valence-electron chi connectivity index (χ2n) is 7.57. The van der Waals surface area contributed by atoms with Crippen molar-refractivity contribution in [1.29, 1.82) is 0 Å². The second kappa shape index (κ2) is 7.59. The number of hydrogen-bond acceptors (Lipinski definition) is 4. The number of rotatable bonds is 5. The number of aryl methyl sites for hydroxylation is 1. The fourth-order valence-corrected chi connectivity index (χ4v) is 3.87. The van der Waals surface area contributed by atoms with Crippen molar-refractivity contribution in [3.63, 3.8) is 0 Å². The molecule has 1 N–H and O–H groups in total. The van der Waals surface area contributed by atoms with Gasteiger partial charge in [-0.1, -0.05) is 60.7 Å². The first kappa shape index (κ1) is 18.3. The van der Waals surface area contributed by atoms with Crippen molar-refractivity contribution in [1.82, 2.24) is 4.98 Å². The summed E-state index contributed by atoms with van der Waals surface area (Å²) in [5, 5.41) is 3.40. The summed E-state index contributed by atoms with van der Waals surface area (Å²) in [6.07, 6.45) is 2.98. The summed E-state index contributed by atoms with van der Waals surface area (Å²) < 4.78 is 7.41. The number of anilines is 1. The minimum atomic E-state index is -0.377. The lowest BCUT2D eigenvalue weighted by molar-refractivity contribution is -0.552. The SMILES string of the molecule is Cc1ccc(CC2Nc3c(Cc4ccccc4)nc(-c4ccccc4)c[n+]3C2=O)o1. The van der Waals surface area contributed by atoms with Crippen LogP contribution in [0.2, 0.25) is 0 Å². The zero-order valence-corrected chi connectivity index (χ0v) is 16.7. The summed E-state index contributed by atoms with van der Waals surface area (Å²) in [6, 6.07) is 23.6. The van der Waals surface area contributed by atoms with E-state index in [1.54, 1.807) is 4.57 Å². The molecule has 0 radical (unpaired) electrons. The molecule has 0 saturated carbocycles. The summed E-state index contributed by atoms with van der Waals surface area (Å²) in [6.45, 7) is 1.91. The lowest BCUT2D eigenvalue weighted by Gasteiger charge is -2.07. The molecular weight excluding hydrogens is 374 g/mol. The first-order valence-corrected chi connectivity index (χ1v) is 10.1. The van der Waals surface area contributed by atoms with Gasteiger partial charge in [-0.2, -0.15) is 4.57 Å². The molecule has 5 heteroatoms. The Kier molecular flexibility index (Phi) is 4.64. The summed E-state index contributed by atoms with van der Waals surface area (Å²) >= 11 is 0. The van der Waals surface area contributed by atoms with Gasteiger partial charge in [-0.05, 0) is 24.6 Å². The van der Waals surface area contributed by atoms with Crippen LogP contribution < -0.4 is 9.88 Å². The van der Waals surface area contributed by atoms with Gasteiger partial charge in [0.05, 0.1) is 6.42 Å². The van der Waals surface area contributed by atoms with Gasteiger partial charge in [-0.25, -0.2) is 9.78 Å². The predicted octanol–water partition coefficient (Wildman–Crippen LogP) is 4.21. The number of fused-ring (bicyclic) bond motifs is 1. The quantitative estimate of drug-likeness (QED) is 0.514. The molecule has 4 aromatic rings. The zero-order chi connectivity index (χ0) is 20.5. The number of carbonyl (C=O) groups is 1. The van der Waals surface area contributed by atoms with E-state index in [9.17, 15) is 4.79 Å². The summed E-state index contributed by atoms with van der Waals surface area (Å²) in [7, 11) is 0. The number of carbonyl (C=O) groups excluding carboxylic acids is 1. The van der Waals surface area contributed by atoms with E-state index in [1.807, 2.05) is 73.8 Å². The van der Waals surface area contributed by atoms with Gasteiger partial charge < -0.3 is 4.42 Å². The molecular formula is C25H22N3O2+. The number of nitrogens with zero attached hydrogens (tertiary/aromatic N) is 2. The Bertz CT molecular complexity index is 1200. The van der Waals surface area contributed by atoms with E-state index in [0.717, 1.165) is 39.9 Å². The molecule has 1 atom stereocenters. The van der Waals surface area contributed by atoms with Crippen molar-refractivity contribution < 1.29 is 13.8 Å². The van der Waals surface area contributed by atoms with E-state index in [1.165, 1.54) is 0 Å². The highest BCUT2D eigenvalue weighted by atomic mass is 16.3. The molecule has 2 aromatic carbocycles. The number of aromatic nitrogens is 2. The highest BCUT2D eigenvalue weighted by molar-refractivity contribution is 5.82. The van der Waals surface area contributed by atoms with Crippen LogP contribution in [-0.2, 0) is 12.8 Å². The third kappa shape index (κ3) is 3.50. The minimum absolute atomic E-state index is 0.00736. The molecule has 3 heterocycles. The summed E-state index contributed by atoms with van der Waals surface area (Å²) in [4.78, 5) is 18.2. The fourth-order valence-electron chi connectivity index (χ4n) is 3.87. The fraction of sp³-hybridized carbons (Fsp3) is 0.160. The smallest absolute Gasteiger partial charge is 0.359 e. The molecule has 148 valence electrons. The monoisotopic (exact) mass is 396 g/mol. The van der Waals surface area contributed by atoms with Crippen LogP contribution in [0.25, 0.3) is 11.3 Å². The first-order valence-electron chi connectivity index (χ1n) is 10.1. The normalized spacial score (nSPS) is 15.1. The van der Waals surface area contributed by atoms with Gasteiger partial charge in [0.15, 0.2) is 0 Å². The van der Waals surface area contributed by atoms with Crippen molar-refractivity contribution in [2.45, 2.75) is 25.8 Å². The molecule has 1 aliphatic rings. The van der Waals surface area contributed by atoms with Gasteiger partial charge in [0.1, 0.15) is 29.1 Å². The van der Waals surface area contributed by atoms with Crippen molar-refractivity contribution in [2.24, 2.45) is 0 Å². The maximum atomic E-state index is 13.2. The van der Waals surface area contributed by atoms with E-state index in [2.05, 4.69) is 17.4 Å². The molecule has 0 spiro atoms. The molecule has 30 heavy (non-hydrogen) atoms. The Morgan fingerprint density at radius 2 is 1.73 bits per heavy atom. The maximum absolute atomic E-state index is 13.2. The van der Waals surface area contributed by atoms with Crippen molar-refractivity contribution in [3.05, 3.63) is 102 Å². The lowest BCUT2D eigenvalue weighted by Crippen LogP contribution is -2.44. The third-order valence-corrected chi connectivity index (χ3v) is 5.35. The van der Waals surface area contributed by atoms with Crippen LogP contribution in [0.4, 0.5) is 5.82 Å². The Balaban J connectivity index is 1.55. The van der Waals surface area contributed by atoms with Gasteiger partial charge in [-0.3, -0.25) is 5.32 Å². The van der Waals surface area contributed by atoms with Crippen molar-refractivity contribution >= 4 is 11.7 Å².